The van der Waals surface area contributed by atoms with Crippen LogP contribution in [0.15, 0.2) is 0 Å². The first-order chi connectivity index (χ1) is 46.5. The van der Waals surface area contributed by atoms with Gasteiger partial charge in [-0.05, 0) is 201 Å². The minimum absolute atomic E-state index is 0.111. The summed E-state index contributed by atoms with van der Waals surface area (Å²) in [7, 11) is 0. The van der Waals surface area contributed by atoms with E-state index in [1.54, 1.807) is 34.3 Å². The Bertz CT molecular complexity index is 1840. The van der Waals surface area contributed by atoms with E-state index in [2.05, 4.69) is 71.8 Å². The van der Waals surface area contributed by atoms with Crippen molar-refractivity contribution in [1.82, 2.24) is 71.5 Å². The van der Waals surface area contributed by atoms with Crippen LogP contribution >= 0.6 is 0 Å². The van der Waals surface area contributed by atoms with E-state index in [0.717, 1.165) is 12.8 Å². The zero-order valence-electron chi connectivity index (χ0n) is 61.6. The number of nitrogens with one attached hydrogen (secondary N) is 7. The van der Waals surface area contributed by atoms with Gasteiger partial charge in [-0.15, -0.1) is 0 Å². The third-order valence-electron chi connectivity index (χ3n) is 17.1. The minimum atomic E-state index is -0.564. The van der Waals surface area contributed by atoms with Crippen molar-refractivity contribution < 1.29 is 43.0 Å². The molecule has 23 N–H and O–H groups in total. The van der Waals surface area contributed by atoms with Crippen molar-refractivity contribution in [1.29, 1.82) is 0 Å². The van der Waals surface area contributed by atoms with E-state index in [-0.39, 0.29) is 79.4 Å². The van der Waals surface area contributed by atoms with Crippen LogP contribution in [0.4, 0.5) is 33.6 Å². The van der Waals surface area contributed by atoms with Gasteiger partial charge in [-0.1, -0.05) is 20.8 Å². The predicted molar refractivity (Wildman–Crippen MR) is 390 cm³/mol. The van der Waals surface area contributed by atoms with Crippen LogP contribution in [0.2, 0.25) is 0 Å². The second-order valence-corrected chi connectivity index (χ2v) is 26.5. The fourth-order valence-electron chi connectivity index (χ4n) is 10.0. The quantitative estimate of drug-likeness (QED) is 0.0389. The summed E-state index contributed by atoms with van der Waals surface area (Å²) in [5.74, 6) is 0. The predicted octanol–water partition coefficient (Wildman–Crippen LogP) is 2.40. The molecule has 97 heavy (non-hydrogen) atoms. The van der Waals surface area contributed by atoms with Crippen LogP contribution in [0, 0.1) is 5.41 Å². The van der Waals surface area contributed by atoms with Crippen molar-refractivity contribution in [3.05, 3.63) is 0 Å². The zero-order valence-corrected chi connectivity index (χ0v) is 61.6. The molecule has 31 heteroatoms. The summed E-state index contributed by atoms with van der Waals surface area (Å²) in [5, 5.41) is 21.1. The molecule has 0 saturated carbocycles. The standard InChI is InChI=1S/C66H142N22O9/c1-8-66(7,9-2)56-97-65(5,6)25-55-96-64(3,4)24-40-81-63(95)88(53-22-38-79-61(93)86(49-18-34-75-57(89)82(41-10-26-67)42-11-27-68)50-19-35-76-58(90)83(43-12-28-69)44-13-29-70)54-23-39-80-62(94)87(51-20-36-77-59(91)84(45-14-30-71)46-15-31-72)52-21-37-78-60(92)85(47-16-32-73)48-17-33-74/h8-56,67-74H2,1-7H3,(H,75,89)(H,76,90)(H,77,91)(H,78,92)(H,79,93)(H,80,94)(H,81,95). The number of amides is 14. The maximum atomic E-state index is 14.2. The summed E-state index contributed by atoms with van der Waals surface area (Å²) >= 11 is 0. The van der Waals surface area contributed by atoms with Gasteiger partial charge in [0.05, 0.1) is 24.4 Å². The largest absolute Gasteiger partial charge is 0.375 e. The molecule has 0 heterocycles. The molecule has 0 aliphatic rings. The molecule has 0 atom stereocenters. The van der Waals surface area contributed by atoms with Crippen LogP contribution in [0.5, 0.6) is 0 Å². The molecule has 14 amide bonds. The molecule has 0 aromatic heterocycles. The van der Waals surface area contributed by atoms with Gasteiger partial charge in [0.1, 0.15) is 0 Å². The van der Waals surface area contributed by atoms with Crippen LogP contribution < -0.4 is 83.1 Å². The van der Waals surface area contributed by atoms with E-state index in [0.29, 0.717) is 280 Å². The van der Waals surface area contributed by atoms with Gasteiger partial charge in [0.15, 0.2) is 0 Å². The second-order valence-electron chi connectivity index (χ2n) is 26.5. The highest BCUT2D eigenvalue weighted by Gasteiger charge is 2.28. The van der Waals surface area contributed by atoms with E-state index in [9.17, 15) is 33.6 Å². The fourth-order valence-corrected chi connectivity index (χ4v) is 10.0. The fraction of sp³-hybridized carbons (Fsp3) is 0.894. The highest BCUT2D eigenvalue weighted by molar-refractivity contribution is 5.77. The lowest BCUT2D eigenvalue weighted by Gasteiger charge is -2.34. The monoisotopic (exact) mass is 1390 g/mol. The summed E-state index contributed by atoms with van der Waals surface area (Å²) in [4.78, 5) is 107. The molecule has 0 bridgehead atoms. The Morgan fingerprint density at radius 3 is 0.660 bits per heavy atom. The van der Waals surface area contributed by atoms with Gasteiger partial charge in [-0.3, -0.25) is 0 Å². The second kappa shape index (κ2) is 57.3. The van der Waals surface area contributed by atoms with Crippen LogP contribution in [0.25, 0.3) is 0 Å². The van der Waals surface area contributed by atoms with Gasteiger partial charge in [-0.25, -0.2) is 33.6 Å². The third-order valence-corrected chi connectivity index (χ3v) is 17.1. The Kier molecular flexibility index (Phi) is 54.0. The molecule has 0 aliphatic carbocycles. The average Bonchev–Trinajstić information content (AvgIpc) is 1.26. The maximum absolute atomic E-state index is 14.2. The van der Waals surface area contributed by atoms with Crippen molar-refractivity contribution in [2.24, 2.45) is 51.3 Å². The van der Waals surface area contributed by atoms with E-state index < -0.39 is 5.60 Å². The SMILES string of the molecule is CCC(C)(CC)COC(C)(C)CCOC(C)(C)CCNC(=O)N(CCCNC(=O)N(CCCNC(=O)N(CCCN)CCCN)CCCNC(=O)N(CCCN)CCCN)CCCNC(=O)N(CCCNC(=O)N(CCCN)CCCN)CCCNC(=O)N(CCCN)CCCN. The Hall–Kier alpha value is -5.51. The Morgan fingerprint density at radius 2 is 0.464 bits per heavy atom. The highest BCUT2D eigenvalue weighted by atomic mass is 16.5. The number of nitrogens with two attached hydrogens (primary N) is 8. The molecule has 31 nitrogen and oxygen atoms in total. The highest BCUT2D eigenvalue weighted by Crippen LogP contribution is 2.29. The molecule has 0 spiro atoms. The number of hydrogen-bond acceptors (Lipinski definition) is 17. The van der Waals surface area contributed by atoms with Crippen molar-refractivity contribution in [2.45, 2.75) is 175 Å². The van der Waals surface area contributed by atoms with Crippen molar-refractivity contribution in [3.63, 3.8) is 0 Å². The first-order valence-electron chi connectivity index (χ1n) is 36.6. The number of nitrogens with zero attached hydrogens (tertiary/aromatic N) is 7. The number of carbonyl (C=O) groups is 7. The van der Waals surface area contributed by atoms with E-state index in [4.69, 9.17) is 55.3 Å². The first-order valence-corrected chi connectivity index (χ1v) is 36.6. The first kappa shape index (κ1) is 91.5. The normalized spacial score (nSPS) is 11.6. The van der Waals surface area contributed by atoms with Crippen molar-refractivity contribution in [2.75, 3.05) is 203 Å². The Labute approximate surface area is 584 Å². The van der Waals surface area contributed by atoms with Gasteiger partial charge >= 0.3 is 42.2 Å². The third kappa shape index (κ3) is 45.7. The summed E-state index contributed by atoms with van der Waals surface area (Å²) in [6, 6.07) is -1.87. The smallest absolute Gasteiger partial charge is 0.317 e. The topological polar surface area (TPSA) is 453 Å². The molecule has 0 aromatic carbocycles. The van der Waals surface area contributed by atoms with Crippen LogP contribution in [0.1, 0.15) is 164 Å². The lowest BCUT2D eigenvalue weighted by molar-refractivity contribution is -0.0941. The number of rotatable bonds is 60. The minimum Gasteiger partial charge on any atom is -0.375 e. The molecular weight excluding hydrogens is 1240 g/mol. The molecule has 0 saturated heterocycles. The lowest BCUT2D eigenvalue weighted by Crippen LogP contribution is -2.47. The summed E-state index contributed by atoms with van der Waals surface area (Å²) in [5.41, 5.74) is 45.1. The van der Waals surface area contributed by atoms with Gasteiger partial charge in [0.25, 0.3) is 0 Å². The van der Waals surface area contributed by atoms with Gasteiger partial charge in [-0.2, -0.15) is 0 Å². The summed E-state index contributed by atoms with van der Waals surface area (Å²) in [6.45, 7) is 27.4. The number of ether oxygens (including phenoxy) is 2. The Morgan fingerprint density at radius 1 is 0.278 bits per heavy atom. The van der Waals surface area contributed by atoms with Crippen molar-refractivity contribution in [3.8, 4) is 0 Å². The molecule has 570 valence electrons. The summed E-state index contributed by atoms with van der Waals surface area (Å²) < 4.78 is 12.8. The lowest BCUT2D eigenvalue weighted by atomic mass is 9.85. The number of hydrogen-bond donors (Lipinski definition) is 15. The van der Waals surface area contributed by atoms with Gasteiger partial charge in [0, 0.05) is 137 Å². The summed E-state index contributed by atoms with van der Waals surface area (Å²) in [6.07, 6.45) is 11.1. The number of urea groups is 7. The average molecular weight is 1390 g/mol. The Balaban J connectivity index is 6.50. The van der Waals surface area contributed by atoms with Crippen molar-refractivity contribution >= 4 is 42.2 Å². The van der Waals surface area contributed by atoms with E-state index in [1.165, 1.54) is 0 Å². The van der Waals surface area contributed by atoms with Crippen LogP contribution in [-0.4, -0.2) is 291 Å². The molecule has 0 radical (unpaired) electrons. The van der Waals surface area contributed by atoms with Crippen LogP contribution in [0.3, 0.4) is 0 Å². The molecular formula is C66H142N22O9. The van der Waals surface area contributed by atoms with E-state index >= 15 is 0 Å². The maximum Gasteiger partial charge on any atom is 0.317 e. The van der Waals surface area contributed by atoms with E-state index in [1.807, 2.05) is 13.8 Å². The van der Waals surface area contributed by atoms with Crippen LogP contribution in [-0.2, 0) is 9.47 Å². The molecule has 0 aliphatic heterocycles. The number of carbonyl (C=O) groups excluding carboxylic acids is 7. The molecule has 0 fully saturated rings. The molecule has 0 rings (SSSR count). The van der Waals surface area contributed by atoms with Gasteiger partial charge < -0.3 is 127 Å². The molecule has 0 unspecified atom stereocenters. The molecule has 0 aromatic rings. The zero-order chi connectivity index (χ0) is 72.6. The van der Waals surface area contributed by atoms with Gasteiger partial charge in [0.2, 0.25) is 0 Å².